The SMILES string of the molecule is ONC1OC(O)COC1O. The molecule has 10 heavy (non-hydrogen) atoms. The van der Waals surface area contributed by atoms with Gasteiger partial charge in [0.05, 0.1) is 0 Å². The van der Waals surface area contributed by atoms with Crippen LogP contribution in [0.2, 0.25) is 0 Å². The number of ether oxygens (including phenoxy) is 2. The molecule has 0 amide bonds. The van der Waals surface area contributed by atoms with Crippen LogP contribution in [0.15, 0.2) is 0 Å². The molecule has 0 aliphatic carbocycles. The lowest BCUT2D eigenvalue weighted by Gasteiger charge is -2.29. The average molecular weight is 151 g/mol. The third-order valence-electron chi connectivity index (χ3n) is 1.10. The summed E-state index contributed by atoms with van der Waals surface area (Å²) in [6.45, 7) is -0.0979. The molecule has 0 saturated carbocycles. The van der Waals surface area contributed by atoms with Crippen LogP contribution in [0, 0.1) is 0 Å². The van der Waals surface area contributed by atoms with Gasteiger partial charge in [0.1, 0.15) is 6.61 Å². The van der Waals surface area contributed by atoms with Gasteiger partial charge in [-0.1, -0.05) is 0 Å². The van der Waals surface area contributed by atoms with Gasteiger partial charge in [0.2, 0.25) is 0 Å². The van der Waals surface area contributed by atoms with E-state index in [-0.39, 0.29) is 6.61 Å². The topological polar surface area (TPSA) is 91.2 Å². The molecule has 0 spiro atoms. The summed E-state index contributed by atoms with van der Waals surface area (Å²) in [4.78, 5) is 0. The Balaban J connectivity index is 2.38. The normalized spacial score (nSPS) is 41.7. The summed E-state index contributed by atoms with van der Waals surface area (Å²) in [7, 11) is 0. The van der Waals surface area contributed by atoms with E-state index in [0.29, 0.717) is 0 Å². The van der Waals surface area contributed by atoms with Crippen LogP contribution in [0.3, 0.4) is 0 Å². The second-order valence-electron chi connectivity index (χ2n) is 1.86. The fraction of sp³-hybridized carbons (Fsp3) is 1.00. The van der Waals surface area contributed by atoms with Crippen molar-refractivity contribution in [1.29, 1.82) is 0 Å². The second-order valence-corrected chi connectivity index (χ2v) is 1.86. The maximum absolute atomic E-state index is 8.81. The standard InChI is InChI=1S/C4H9NO5/c6-2-1-9-4(7)3(5-8)10-2/h2-8H,1H2. The van der Waals surface area contributed by atoms with E-state index in [4.69, 9.17) is 15.4 Å². The van der Waals surface area contributed by atoms with E-state index in [1.807, 2.05) is 0 Å². The number of hydroxylamine groups is 1. The minimum absolute atomic E-state index is 0.0979. The molecular formula is C4H9NO5. The Morgan fingerprint density at radius 1 is 1.40 bits per heavy atom. The molecule has 1 aliphatic heterocycles. The Morgan fingerprint density at radius 2 is 2.10 bits per heavy atom. The van der Waals surface area contributed by atoms with Crippen LogP contribution in [0.25, 0.3) is 0 Å². The molecule has 0 radical (unpaired) electrons. The van der Waals surface area contributed by atoms with Gasteiger partial charge in [0.25, 0.3) is 0 Å². The van der Waals surface area contributed by atoms with Crippen molar-refractivity contribution in [3.63, 3.8) is 0 Å². The first-order valence-electron chi connectivity index (χ1n) is 2.77. The van der Waals surface area contributed by atoms with E-state index in [1.165, 1.54) is 0 Å². The predicted molar refractivity (Wildman–Crippen MR) is 27.8 cm³/mol. The van der Waals surface area contributed by atoms with Crippen LogP contribution in [0.1, 0.15) is 0 Å². The molecule has 60 valence electrons. The molecule has 0 aromatic heterocycles. The molecule has 1 saturated heterocycles. The van der Waals surface area contributed by atoms with E-state index in [1.54, 1.807) is 5.48 Å². The first-order valence-corrected chi connectivity index (χ1v) is 2.77. The van der Waals surface area contributed by atoms with Crippen molar-refractivity contribution in [2.24, 2.45) is 0 Å². The number of aliphatic hydroxyl groups excluding tert-OH is 2. The van der Waals surface area contributed by atoms with Crippen LogP contribution < -0.4 is 5.48 Å². The molecule has 1 heterocycles. The Labute approximate surface area is 56.9 Å². The van der Waals surface area contributed by atoms with Gasteiger partial charge in [-0.3, -0.25) is 0 Å². The highest BCUT2D eigenvalue weighted by molar-refractivity contribution is 4.59. The van der Waals surface area contributed by atoms with Crippen LogP contribution >= 0.6 is 0 Å². The highest BCUT2D eigenvalue weighted by Crippen LogP contribution is 2.07. The van der Waals surface area contributed by atoms with Gasteiger partial charge >= 0.3 is 0 Å². The number of hydrogen-bond acceptors (Lipinski definition) is 6. The van der Waals surface area contributed by atoms with Gasteiger partial charge < -0.3 is 24.9 Å². The van der Waals surface area contributed by atoms with E-state index in [2.05, 4.69) is 9.47 Å². The average Bonchev–Trinajstić information content (AvgIpc) is 1.94. The van der Waals surface area contributed by atoms with Crippen molar-refractivity contribution in [2.45, 2.75) is 18.8 Å². The molecule has 0 aromatic rings. The Hall–Kier alpha value is -0.240. The maximum Gasteiger partial charge on any atom is 0.197 e. The molecule has 0 aromatic carbocycles. The zero-order chi connectivity index (χ0) is 7.56. The number of hydrogen-bond donors (Lipinski definition) is 4. The lowest BCUT2D eigenvalue weighted by Crippen LogP contribution is -2.50. The van der Waals surface area contributed by atoms with Gasteiger partial charge in [-0.15, -0.1) is 0 Å². The van der Waals surface area contributed by atoms with Crippen LogP contribution in [0.5, 0.6) is 0 Å². The lowest BCUT2D eigenvalue weighted by atomic mass is 10.5. The second kappa shape index (κ2) is 3.24. The van der Waals surface area contributed by atoms with Crippen LogP contribution in [-0.2, 0) is 9.47 Å². The third kappa shape index (κ3) is 1.63. The molecule has 1 fully saturated rings. The summed E-state index contributed by atoms with van der Waals surface area (Å²) in [5.41, 5.74) is 1.63. The monoisotopic (exact) mass is 151 g/mol. The maximum atomic E-state index is 8.81. The summed E-state index contributed by atoms with van der Waals surface area (Å²) < 4.78 is 9.12. The summed E-state index contributed by atoms with van der Waals surface area (Å²) in [5.74, 6) is 0. The van der Waals surface area contributed by atoms with Gasteiger partial charge in [0, 0.05) is 0 Å². The summed E-state index contributed by atoms with van der Waals surface area (Å²) >= 11 is 0. The van der Waals surface area contributed by atoms with Crippen molar-refractivity contribution < 1.29 is 24.9 Å². The zero-order valence-electron chi connectivity index (χ0n) is 5.10. The molecule has 6 heteroatoms. The van der Waals surface area contributed by atoms with Gasteiger partial charge in [0.15, 0.2) is 18.8 Å². The highest BCUT2D eigenvalue weighted by atomic mass is 16.7. The van der Waals surface area contributed by atoms with Crippen molar-refractivity contribution in [1.82, 2.24) is 5.48 Å². The predicted octanol–water partition coefficient (Wildman–Crippen LogP) is -2.03. The number of rotatable bonds is 1. The number of nitrogens with one attached hydrogen (secondary N) is 1. The van der Waals surface area contributed by atoms with Crippen molar-refractivity contribution in [2.75, 3.05) is 6.61 Å². The smallest absolute Gasteiger partial charge is 0.197 e. The van der Waals surface area contributed by atoms with Gasteiger partial charge in [-0.25, -0.2) is 0 Å². The minimum atomic E-state index is -1.24. The lowest BCUT2D eigenvalue weighted by molar-refractivity contribution is -0.321. The Kier molecular flexibility index (Phi) is 2.55. The Morgan fingerprint density at radius 3 is 2.60 bits per heavy atom. The first-order chi connectivity index (χ1) is 4.74. The quantitative estimate of drug-likeness (QED) is 0.323. The molecule has 3 atom stereocenters. The Bertz CT molecular complexity index is 110. The van der Waals surface area contributed by atoms with E-state index < -0.39 is 18.8 Å². The van der Waals surface area contributed by atoms with E-state index in [0.717, 1.165) is 0 Å². The fourth-order valence-corrected chi connectivity index (χ4v) is 0.638. The van der Waals surface area contributed by atoms with E-state index in [9.17, 15) is 0 Å². The van der Waals surface area contributed by atoms with Crippen LogP contribution in [-0.4, -0.2) is 40.8 Å². The van der Waals surface area contributed by atoms with Crippen LogP contribution in [0.4, 0.5) is 0 Å². The summed E-state index contributed by atoms with van der Waals surface area (Å²) in [6.07, 6.45) is -3.43. The largest absolute Gasteiger partial charge is 0.366 e. The van der Waals surface area contributed by atoms with Gasteiger partial charge in [-0.2, -0.15) is 5.48 Å². The molecular weight excluding hydrogens is 142 g/mol. The van der Waals surface area contributed by atoms with Gasteiger partial charge in [-0.05, 0) is 0 Å². The summed E-state index contributed by atoms with van der Waals surface area (Å²) in [5, 5.41) is 25.8. The zero-order valence-corrected chi connectivity index (χ0v) is 5.10. The number of aliphatic hydroxyl groups is 2. The highest BCUT2D eigenvalue weighted by Gasteiger charge is 2.28. The van der Waals surface area contributed by atoms with Crippen molar-refractivity contribution in [3.05, 3.63) is 0 Å². The fourth-order valence-electron chi connectivity index (χ4n) is 0.638. The van der Waals surface area contributed by atoms with Crippen molar-refractivity contribution >= 4 is 0 Å². The molecule has 6 nitrogen and oxygen atoms in total. The van der Waals surface area contributed by atoms with Crippen molar-refractivity contribution in [3.8, 4) is 0 Å². The summed E-state index contributed by atoms with van der Waals surface area (Å²) in [6, 6.07) is 0. The molecule has 0 bridgehead atoms. The molecule has 4 N–H and O–H groups in total. The molecule has 3 unspecified atom stereocenters. The first kappa shape index (κ1) is 7.86. The minimum Gasteiger partial charge on any atom is -0.366 e. The third-order valence-corrected chi connectivity index (χ3v) is 1.10. The van der Waals surface area contributed by atoms with E-state index >= 15 is 0 Å². The molecule has 1 rings (SSSR count). The molecule has 1 aliphatic rings.